The zero-order chi connectivity index (χ0) is 11.8. The molecule has 88 valence electrons. The summed E-state index contributed by atoms with van der Waals surface area (Å²) in [5, 5.41) is 18.7. The second kappa shape index (κ2) is 3.76. The van der Waals surface area contributed by atoms with Crippen molar-refractivity contribution in [1.82, 2.24) is 20.2 Å². The summed E-state index contributed by atoms with van der Waals surface area (Å²) in [4.78, 5) is 11.4. The topological polar surface area (TPSA) is 95.0 Å². The second-order valence-electron chi connectivity index (χ2n) is 3.94. The summed E-state index contributed by atoms with van der Waals surface area (Å²) in [5.41, 5.74) is 2.03. The van der Waals surface area contributed by atoms with E-state index in [2.05, 4.69) is 20.9 Å². The molecule has 1 aliphatic heterocycles. The molecule has 2 rings (SSSR count). The van der Waals surface area contributed by atoms with E-state index in [1.54, 1.807) is 20.0 Å². The maximum Gasteiger partial charge on any atom is 0.362 e. The fourth-order valence-corrected chi connectivity index (χ4v) is 1.80. The summed E-state index contributed by atoms with van der Waals surface area (Å²) >= 11 is 0. The number of rotatable bonds is 3. The molecule has 2 unspecified atom stereocenters. The van der Waals surface area contributed by atoms with Crippen molar-refractivity contribution in [3.8, 4) is 0 Å². The summed E-state index contributed by atoms with van der Waals surface area (Å²) < 4.78 is 1.32. The van der Waals surface area contributed by atoms with Crippen molar-refractivity contribution in [2.75, 3.05) is 12.5 Å². The van der Waals surface area contributed by atoms with Crippen LogP contribution in [0.1, 0.15) is 19.2 Å². The van der Waals surface area contributed by atoms with Gasteiger partial charge in [-0.1, -0.05) is 0 Å². The first-order valence-corrected chi connectivity index (χ1v) is 5.08. The van der Waals surface area contributed by atoms with Crippen molar-refractivity contribution in [2.45, 2.75) is 25.1 Å². The molecule has 0 fully saturated rings. The molecule has 1 aromatic rings. The Hall–Kier alpha value is -1.60. The van der Waals surface area contributed by atoms with Crippen molar-refractivity contribution >= 4 is 6.08 Å². The number of hydrogen-bond donors (Lipinski definition) is 4. The molecule has 16 heavy (non-hydrogen) atoms. The SMILES string of the molecule is CNC1(CC(C)O)C=Cc2n[nH]c(=O)n2N1. The first-order chi connectivity index (χ1) is 7.56. The van der Waals surface area contributed by atoms with Crippen molar-refractivity contribution in [3.63, 3.8) is 0 Å². The number of H-pyrrole nitrogens is 1. The molecule has 1 aromatic heterocycles. The van der Waals surface area contributed by atoms with E-state index in [9.17, 15) is 9.90 Å². The van der Waals surface area contributed by atoms with Crippen LogP contribution in [0.25, 0.3) is 6.08 Å². The molecule has 0 spiro atoms. The van der Waals surface area contributed by atoms with E-state index in [1.807, 2.05) is 6.08 Å². The first kappa shape index (κ1) is 10.9. The molecule has 4 N–H and O–H groups in total. The van der Waals surface area contributed by atoms with Crippen LogP contribution in [0.15, 0.2) is 10.9 Å². The molecular weight excluding hydrogens is 210 g/mol. The van der Waals surface area contributed by atoms with Crippen LogP contribution in [0.3, 0.4) is 0 Å². The van der Waals surface area contributed by atoms with Crippen molar-refractivity contribution in [2.24, 2.45) is 0 Å². The maximum atomic E-state index is 11.4. The Morgan fingerprint density at radius 1 is 1.75 bits per heavy atom. The average Bonchev–Trinajstić information content (AvgIpc) is 2.59. The minimum Gasteiger partial charge on any atom is -0.393 e. The van der Waals surface area contributed by atoms with Gasteiger partial charge < -0.3 is 5.11 Å². The number of fused-ring (bicyclic) bond motifs is 1. The van der Waals surface area contributed by atoms with Gasteiger partial charge in [0.05, 0.1) is 6.10 Å². The summed E-state index contributed by atoms with van der Waals surface area (Å²) in [6.07, 6.45) is 3.52. The third-order valence-electron chi connectivity index (χ3n) is 2.59. The number of aliphatic hydroxyl groups is 1. The third-order valence-corrected chi connectivity index (χ3v) is 2.59. The van der Waals surface area contributed by atoms with Gasteiger partial charge in [0.2, 0.25) is 0 Å². The average molecular weight is 225 g/mol. The fourth-order valence-electron chi connectivity index (χ4n) is 1.80. The first-order valence-electron chi connectivity index (χ1n) is 5.08. The lowest BCUT2D eigenvalue weighted by Crippen LogP contribution is -2.57. The standard InChI is InChI=1S/C9H15N5O2/c1-6(15)5-9(10-2)4-3-7-11-12-8(16)14(7)13-9/h3-4,6,10,13,15H,5H2,1-2H3,(H,12,16). The highest BCUT2D eigenvalue weighted by atomic mass is 16.3. The summed E-state index contributed by atoms with van der Waals surface area (Å²) in [5.74, 6) is 0.515. The monoisotopic (exact) mass is 225 g/mol. The Morgan fingerprint density at radius 3 is 3.12 bits per heavy atom. The highest BCUT2D eigenvalue weighted by molar-refractivity contribution is 5.47. The van der Waals surface area contributed by atoms with Gasteiger partial charge in [-0.3, -0.25) is 10.7 Å². The Kier molecular flexibility index (Phi) is 2.56. The Bertz CT molecular complexity index is 461. The van der Waals surface area contributed by atoms with Crippen LogP contribution in [-0.4, -0.2) is 38.8 Å². The molecule has 1 aliphatic rings. The van der Waals surface area contributed by atoms with Crippen LogP contribution in [-0.2, 0) is 0 Å². The summed E-state index contributed by atoms with van der Waals surface area (Å²) in [6, 6.07) is 0. The van der Waals surface area contributed by atoms with Gasteiger partial charge in [0, 0.05) is 6.42 Å². The van der Waals surface area contributed by atoms with Gasteiger partial charge in [-0.25, -0.2) is 9.89 Å². The van der Waals surface area contributed by atoms with E-state index in [0.717, 1.165) is 0 Å². The Morgan fingerprint density at radius 2 is 2.50 bits per heavy atom. The molecule has 0 aliphatic carbocycles. The number of hydrogen-bond acceptors (Lipinski definition) is 5. The van der Waals surface area contributed by atoms with E-state index in [4.69, 9.17) is 0 Å². The third kappa shape index (κ3) is 1.74. The molecule has 0 amide bonds. The highest BCUT2D eigenvalue weighted by Gasteiger charge is 2.31. The molecule has 0 radical (unpaired) electrons. The van der Waals surface area contributed by atoms with Crippen LogP contribution < -0.4 is 16.4 Å². The van der Waals surface area contributed by atoms with Gasteiger partial charge in [-0.05, 0) is 26.1 Å². The molecule has 0 bridgehead atoms. The number of likely N-dealkylation sites (N-methyl/N-ethyl adjacent to an activating group) is 1. The molecule has 2 heterocycles. The number of nitrogens with one attached hydrogen (secondary N) is 3. The predicted octanol–water partition coefficient (Wildman–Crippen LogP) is -1.17. The van der Waals surface area contributed by atoms with Gasteiger partial charge in [0.25, 0.3) is 0 Å². The molecule has 7 heteroatoms. The quantitative estimate of drug-likeness (QED) is 0.520. The summed E-state index contributed by atoms with van der Waals surface area (Å²) in [7, 11) is 1.76. The van der Waals surface area contributed by atoms with Gasteiger partial charge in [-0.2, -0.15) is 9.77 Å². The van der Waals surface area contributed by atoms with Crippen LogP contribution in [0.5, 0.6) is 0 Å². The van der Waals surface area contributed by atoms with E-state index in [0.29, 0.717) is 12.2 Å². The second-order valence-corrected chi connectivity index (χ2v) is 3.94. The number of aromatic nitrogens is 3. The number of nitrogens with zero attached hydrogens (tertiary/aromatic N) is 2. The zero-order valence-electron chi connectivity index (χ0n) is 9.19. The van der Waals surface area contributed by atoms with Crippen molar-refractivity contribution in [1.29, 1.82) is 0 Å². The van der Waals surface area contributed by atoms with E-state index in [-0.39, 0.29) is 5.69 Å². The van der Waals surface area contributed by atoms with E-state index >= 15 is 0 Å². The minimum atomic E-state index is -0.630. The lowest BCUT2D eigenvalue weighted by Gasteiger charge is -2.35. The fraction of sp³-hybridized carbons (Fsp3) is 0.556. The lowest BCUT2D eigenvalue weighted by atomic mass is 10.0. The molecule has 0 saturated carbocycles. The van der Waals surface area contributed by atoms with Crippen LogP contribution >= 0.6 is 0 Å². The van der Waals surface area contributed by atoms with Crippen LogP contribution in [0, 0.1) is 0 Å². The van der Waals surface area contributed by atoms with E-state index in [1.165, 1.54) is 4.68 Å². The number of aromatic amines is 1. The normalized spacial score (nSPS) is 24.9. The number of aliphatic hydroxyl groups excluding tert-OH is 1. The highest BCUT2D eigenvalue weighted by Crippen LogP contribution is 2.18. The van der Waals surface area contributed by atoms with Gasteiger partial charge in [0.15, 0.2) is 5.82 Å². The lowest BCUT2D eigenvalue weighted by molar-refractivity contribution is 0.154. The smallest absolute Gasteiger partial charge is 0.362 e. The van der Waals surface area contributed by atoms with Gasteiger partial charge in [0.1, 0.15) is 5.66 Å². The minimum absolute atomic E-state index is 0.329. The van der Waals surface area contributed by atoms with Crippen LogP contribution in [0.2, 0.25) is 0 Å². The van der Waals surface area contributed by atoms with Crippen molar-refractivity contribution in [3.05, 3.63) is 22.4 Å². The van der Waals surface area contributed by atoms with E-state index < -0.39 is 11.8 Å². The molecule has 0 aromatic carbocycles. The zero-order valence-corrected chi connectivity index (χ0v) is 9.19. The maximum absolute atomic E-state index is 11.4. The Labute approximate surface area is 92.1 Å². The molecule has 7 nitrogen and oxygen atoms in total. The summed E-state index contributed by atoms with van der Waals surface area (Å²) in [6.45, 7) is 1.70. The van der Waals surface area contributed by atoms with Gasteiger partial charge >= 0.3 is 5.69 Å². The Balaban J connectivity index is 2.34. The van der Waals surface area contributed by atoms with Crippen LogP contribution in [0.4, 0.5) is 0 Å². The van der Waals surface area contributed by atoms with Gasteiger partial charge in [-0.15, -0.1) is 0 Å². The largest absolute Gasteiger partial charge is 0.393 e. The predicted molar refractivity (Wildman–Crippen MR) is 59.3 cm³/mol. The molecule has 2 atom stereocenters. The van der Waals surface area contributed by atoms with Crippen molar-refractivity contribution < 1.29 is 5.11 Å². The molecule has 0 saturated heterocycles. The molecular formula is C9H15N5O2.